The van der Waals surface area contributed by atoms with Crippen LogP contribution in [0.1, 0.15) is 12.0 Å². The van der Waals surface area contributed by atoms with Gasteiger partial charge in [-0.05, 0) is 30.5 Å². The monoisotopic (exact) mass is 478 g/mol. The molecule has 2 heterocycles. The smallest absolute Gasteiger partial charge is 0.193 e. The Balaban J connectivity index is 0.00000225. The highest BCUT2D eigenvalue weighted by atomic mass is 127. The minimum atomic E-state index is 0. The van der Waals surface area contributed by atoms with Gasteiger partial charge < -0.3 is 15.0 Å². The highest BCUT2D eigenvalue weighted by Gasteiger charge is 2.30. The van der Waals surface area contributed by atoms with E-state index in [1.807, 2.05) is 25.2 Å². The molecule has 2 aliphatic rings. The average Bonchev–Trinajstić information content (AvgIpc) is 3.09. The second-order valence-corrected chi connectivity index (χ2v) is 6.83. The van der Waals surface area contributed by atoms with Crippen LogP contribution in [0.5, 0.6) is 0 Å². The molecule has 3 rings (SSSR count). The number of aliphatic imine (C=N–C) groups is 1. The fraction of sp³-hybridized carbons (Fsp3) is 0.611. The van der Waals surface area contributed by atoms with Crippen LogP contribution in [0.2, 0.25) is 5.02 Å². The lowest BCUT2D eigenvalue weighted by Gasteiger charge is -2.32. The molecule has 1 aromatic carbocycles. The summed E-state index contributed by atoms with van der Waals surface area (Å²) in [7, 11) is 1.86. The number of nitrogens with zero attached hydrogens (tertiary/aromatic N) is 3. The summed E-state index contributed by atoms with van der Waals surface area (Å²) < 4.78 is 5.46. The van der Waals surface area contributed by atoms with Crippen molar-refractivity contribution in [2.24, 2.45) is 4.99 Å². The van der Waals surface area contributed by atoms with Crippen molar-refractivity contribution in [3.05, 3.63) is 34.9 Å². The van der Waals surface area contributed by atoms with E-state index >= 15 is 0 Å². The van der Waals surface area contributed by atoms with Gasteiger partial charge in [-0.15, -0.1) is 24.0 Å². The highest BCUT2D eigenvalue weighted by Crippen LogP contribution is 2.17. The molecule has 2 fully saturated rings. The summed E-state index contributed by atoms with van der Waals surface area (Å²) in [6.45, 7) is 6.83. The van der Waals surface area contributed by atoms with Crippen LogP contribution in [-0.2, 0) is 11.2 Å². The Hall–Kier alpha value is -0.570. The van der Waals surface area contributed by atoms with Gasteiger partial charge in [-0.1, -0.05) is 23.7 Å². The molecule has 1 N–H and O–H groups in total. The van der Waals surface area contributed by atoms with Gasteiger partial charge >= 0.3 is 0 Å². The molecule has 5 nitrogen and oxygen atoms in total. The Morgan fingerprint density at radius 2 is 2.12 bits per heavy atom. The van der Waals surface area contributed by atoms with E-state index in [9.17, 15) is 0 Å². The quantitative estimate of drug-likeness (QED) is 0.410. The molecule has 0 saturated carbocycles. The van der Waals surface area contributed by atoms with Gasteiger partial charge in [0.2, 0.25) is 0 Å². The number of hydrogen-bond acceptors (Lipinski definition) is 3. The second kappa shape index (κ2) is 10.5. The molecule has 140 valence electrons. The van der Waals surface area contributed by atoms with Gasteiger partial charge in [0.25, 0.3) is 0 Å². The maximum absolute atomic E-state index is 6.04. The summed E-state index contributed by atoms with van der Waals surface area (Å²) in [5.74, 6) is 1.01. The van der Waals surface area contributed by atoms with Gasteiger partial charge in [0.15, 0.2) is 5.96 Å². The van der Waals surface area contributed by atoms with E-state index in [4.69, 9.17) is 16.3 Å². The van der Waals surface area contributed by atoms with E-state index in [1.165, 1.54) is 12.0 Å². The highest BCUT2D eigenvalue weighted by molar-refractivity contribution is 14.0. The Bertz CT molecular complexity index is 566. The maximum atomic E-state index is 6.04. The van der Waals surface area contributed by atoms with Crippen molar-refractivity contribution in [3.63, 3.8) is 0 Å². The summed E-state index contributed by atoms with van der Waals surface area (Å²) in [5.41, 5.74) is 1.25. The first-order valence-corrected chi connectivity index (χ1v) is 9.16. The first-order valence-electron chi connectivity index (χ1n) is 8.78. The van der Waals surface area contributed by atoms with Gasteiger partial charge in [-0.25, -0.2) is 0 Å². The van der Waals surface area contributed by atoms with Crippen LogP contribution in [0.25, 0.3) is 0 Å². The predicted octanol–water partition coefficient (Wildman–Crippen LogP) is 2.48. The predicted molar refractivity (Wildman–Crippen MR) is 114 cm³/mol. The molecule has 1 aromatic rings. The number of rotatable bonds is 4. The molecule has 25 heavy (non-hydrogen) atoms. The number of hydrogen-bond donors (Lipinski definition) is 1. The zero-order valence-electron chi connectivity index (χ0n) is 14.8. The summed E-state index contributed by atoms with van der Waals surface area (Å²) in [4.78, 5) is 9.39. The number of likely N-dealkylation sites (tertiary alicyclic amines) is 1. The molecule has 0 aliphatic carbocycles. The van der Waals surface area contributed by atoms with Crippen LogP contribution in [0.3, 0.4) is 0 Å². The van der Waals surface area contributed by atoms with Crippen LogP contribution in [0.4, 0.5) is 0 Å². The minimum absolute atomic E-state index is 0. The Kier molecular flexibility index (Phi) is 8.75. The molecule has 0 spiro atoms. The summed E-state index contributed by atoms with van der Waals surface area (Å²) in [6, 6.07) is 8.67. The second-order valence-electron chi connectivity index (χ2n) is 6.39. The Morgan fingerprint density at radius 1 is 1.32 bits per heavy atom. The molecule has 2 aliphatic heterocycles. The van der Waals surface area contributed by atoms with Crippen LogP contribution in [0, 0.1) is 0 Å². The number of morpholine rings is 1. The van der Waals surface area contributed by atoms with E-state index in [0.717, 1.165) is 63.3 Å². The summed E-state index contributed by atoms with van der Waals surface area (Å²) in [6.07, 6.45) is 2.15. The van der Waals surface area contributed by atoms with Gasteiger partial charge in [0.05, 0.1) is 13.2 Å². The van der Waals surface area contributed by atoms with Crippen LogP contribution < -0.4 is 5.32 Å². The van der Waals surface area contributed by atoms with E-state index in [-0.39, 0.29) is 24.0 Å². The van der Waals surface area contributed by atoms with Crippen LogP contribution in [0.15, 0.2) is 29.3 Å². The zero-order valence-corrected chi connectivity index (χ0v) is 17.9. The van der Waals surface area contributed by atoms with Gasteiger partial charge in [0.1, 0.15) is 0 Å². The van der Waals surface area contributed by atoms with E-state index in [1.54, 1.807) is 0 Å². The molecule has 0 amide bonds. The van der Waals surface area contributed by atoms with Crippen molar-refractivity contribution in [3.8, 4) is 0 Å². The van der Waals surface area contributed by atoms with E-state index < -0.39 is 0 Å². The Morgan fingerprint density at radius 3 is 2.84 bits per heavy atom. The van der Waals surface area contributed by atoms with Gasteiger partial charge in [-0.2, -0.15) is 0 Å². The number of halogens is 2. The fourth-order valence-electron chi connectivity index (χ4n) is 3.52. The number of benzene rings is 1. The molecule has 7 heteroatoms. The lowest BCUT2D eigenvalue weighted by Crippen LogP contribution is -2.46. The van der Waals surface area contributed by atoms with Crippen molar-refractivity contribution in [2.75, 3.05) is 53.0 Å². The van der Waals surface area contributed by atoms with Gasteiger partial charge in [-0.3, -0.25) is 9.89 Å². The Labute approximate surface area is 172 Å². The third kappa shape index (κ3) is 5.98. The van der Waals surface area contributed by atoms with Crippen molar-refractivity contribution in [1.82, 2.24) is 15.1 Å². The van der Waals surface area contributed by atoms with E-state index in [2.05, 4.69) is 26.2 Å². The molecule has 0 aromatic heterocycles. The lowest BCUT2D eigenvalue weighted by atomic mass is 10.1. The third-order valence-corrected chi connectivity index (χ3v) is 5.06. The zero-order chi connectivity index (χ0) is 16.8. The number of ether oxygens (including phenoxy) is 1. The summed E-state index contributed by atoms with van der Waals surface area (Å²) in [5, 5.41) is 4.29. The normalized spacial score (nSPS) is 21.9. The van der Waals surface area contributed by atoms with Crippen molar-refractivity contribution in [2.45, 2.75) is 18.9 Å². The standard InChI is InChI=1S/C18H27ClN4O.HI/c1-20-18(21-7-5-15-3-2-4-16(19)13-15)23-8-6-17(14-23)22-9-11-24-12-10-22;/h2-4,13,17H,5-12,14H2,1H3,(H,20,21);1H. The first-order chi connectivity index (χ1) is 11.8. The van der Waals surface area contributed by atoms with Crippen molar-refractivity contribution >= 4 is 41.5 Å². The van der Waals surface area contributed by atoms with Crippen molar-refractivity contribution < 1.29 is 4.74 Å². The molecule has 0 radical (unpaired) electrons. The molecule has 2 saturated heterocycles. The first kappa shape index (κ1) is 20.7. The van der Waals surface area contributed by atoms with Crippen molar-refractivity contribution in [1.29, 1.82) is 0 Å². The van der Waals surface area contributed by atoms with Crippen LogP contribution in [-0.4, -0.2) is 74.8 Å². The van der Waals surface area contributed by atoms with Crippen LogP contribution >= 0.6 is 35.6 Å². The molecule has 1 unspecified atom stereocenters. The SMILES string of the molecule is CN=C(NCCc1cccc(Cl)c1)N1CCC(N2CCOCC2)C1.I. The molecular formula is C18H28ClIN4O. The summed E-state index contributed by atoms with van der Waals surface area (Å²) >= 11 is 6.04. The number of nitrogens with one attached hydrogen (secondary N) is 1. The minimum Gasteiger partial charge on any atom is -0.379 e. The third-order valence-electron chi connectivity index (χ3n) is 4.82. The molecule has 0 bridgehead atoms. The molecule has 1 atom stereocenters. The van der Waals surface area contributed by atoms with Gasteiger partial charge in [0, 0.05) is 50.8 Å². The van der Waals surface area contributed by atoms with E-state index in [0.29, 0.717) is 6.04 Å². The fourth-order valence-corrected chi connectivity index (χ4v) is 3.73. The maximum Gasteiger partial charge on any atom is 0.193 e. The largest absolute Gasteiger partial charge is 0.379 e. The molecular weight excluding hydrogens is 451 g/mol. The topological polar surface area (TPSA) is 40.1 Å². The average molecular weight is 479 g/mol. The number of guanidine groups is 1. The lowest BCUT2D eigenvalue weighted by molar-refractivity contribution is 0.0195.